The number of benzene rings is 2. The van der Waals surface area contributed by atoms with Gasteiger partial charge in [0.1, 0.15) is 11.6 Å². The van der Waals surface area contributed by atoms with E-state index in [1.54, 1.807) is 12.1 Å². The van der Waals surface area contributed by atoms with Crippen LogP contribution in [-0.4, -0.2) is 15.4 Å². The average Bonchev–Trinajstić information content (AvgIpc) is 2.81. The lowest BCUT2D eigenvalue weighted by atomic mass is 10.2. The van der Waals surface area contributed by atoms with E-state index in [2.05, 4.69) is 4.98 Å². The molecule has 0 aliphatic rings. The van der Waals surface area contributed by atoms with Gasteiger partial charge in [-0.15, -0.1) is 11.6 Å². The van der Waals surface area contributed by atoms with E-state index in [4.69, 9.17) is 23.2 Å². The van der Waals surface area contributed by atoms with Gasteiger partial charge in [-0.2, -0.15) is 0 Å². The molecule has 1 aromatic heterocycles. The van der Waals surface area contributed by atoms with Crippen LogP contribution in [0.5, 0.6) is 0 Å². The molecule has 0 aliphatic heterocycles. The van der Waals surface area contributed by atoms with Gasteiger partial charge in [0, 0.05) is 18.8 Å². The van der Waals surface area contributed by atoms with Gasteiger partial charge in [0.2, 0.25) is 0 Å². The summed E-state index contributed by atoms with van der Waals surface area (Å²) >= 11 is 12.2. The summed E-state index contributed by atoms with van der Waals surface area (Å²) in [5.41, 5.74) is 2.74. The molecule has 2 nitrogen and oxygen atoms in total. The summed E-state index contributed by atoms with van der Waals surface area (Å²) < 4.78 is 15.1. The third-order valence-corrected chi connectivity index (χ3v) is 3.86. The van der Waals surface area contributed by atoms with Crippen LogP contribution in [0.25, 0.3) is 11.0 Å². The molecule has 3 aromatic rings. The molecule has 0 bridgehead atoms. The molecular formula is C16H13Cl2FN2. The van der Waals surface area contributed by atoms with Crippen molar-refractivity contribution in [2.24, 2.45) is 0 Å². The summed E-state index contributed by atoms with van der Waals surface area (Å²) in [6.45, 7) is 0.590. The molecule has 0 N–H and O–H groups in total. The van der Waals surface area contributed by atoms with Crippen molar-refractivity contribution in [2.75, 3.05) is 5.88 Å². The van der Waals surface area contributed by atoms with Crippen LogP contribution in [0.3, 0.4) is 0 Å². The number of aromatic nitrogens is 2. The Morgan fingerprint density at radius 2 is 1.86 bits per heavy atom. The topological polar surface area (TPSA) is 17.8 Å². The predicted molar refractivity (Wildman–Crippen MR) is 84.7 cm³/mol. The lowest BCUT2D eigenvalue weighted by Crippen LogP contribution is -2.06. The van der Waals surface area contributed by atoms with Crippen LogP contribution in [0.4, 0.5) is 4.39 Å². The maximum Gasteiger partial charge on any atom is 0.123 e. The lowest BCUT2D eigenvalue weighted by molar-refractivity contribution is 0.626. The molecule has 0 spiro atoms. The number of rotatable bonds is 4. The van der Waals surface area contributed by atoms with Gasteiger partial charge in [0.05, 0.1) is 16.1 Å². The third kappa shape index (κ3) is 2.89. The molecule has 2 aromatic carbocycles. The monoisotopic (exact) mass is 322 g/mol. The number of imidazole rings is 1. The van der Waals surface area contributed by atoms with Crippen molar-refractivity contribution in [1.82, 2.24) is 9.55 Å². The number of aryl methyl sites for hydroxylation is 1. The van der Waals surface area contributed by atoms with Gasteiger partial charge in [-0.25, -0.2) is 9.37 Å². The molecule has 0 amide bonds. The van der Waals surface area contributed by atoms with Gasteiger partial charge in [-0.1, -0.05) is 29.8 Å². The van der Waals surface area contributed by atoms with Crippen molar-refractivity contribution in [3.63, 3.8) is 0 Å². The van der Waals surface area contributed by atoms with E-state index in [0.29, 0.717) is 23.9 Å². The molecule has 0 aliphatic carbocycles. The first kappa shape index (κ1) is 14.4. The van der Waals surface area contributed by atoms with Crippen molar-refractivity contribution >= 4 is 34.2 Å². The third-order valence-electron chi connectivity index (χ3n) is 3.37. The van der Waals surface area contributed by atoms with Crippen molar-refractivity contribution in [3.8, 4) is 0 Å². The molecule has 0 atom stereocenters. The second kappa shape index (κ2) is 6.04. The Hall–Kier alpha value is -1.58. The van der Waals surface area contributed by atoms with E-state index in [9.17, 15) is 4.39 Å². The smallest absolute Gasteiger partial charge is 0.123 e. The van der Waals surface area contributed by atoms with E-state index in [-0.39, 0.29) is 5.82 Å². The fourth-order valence-corrected chi connectivity index (χ4v) is 2.85. The van der Waals surface area contributed by atoms with E-state index in [0.717, 1.165) is 22.4 Å². The SMILES string of the molecule is Fc1ccc(Cn2c(CCCl)nc3cccc(Cl)c32)cc1. The Bertz CT molecular complexity index is 766. The number of para-hydroxylation sites is 1. The minimum absolute atomic E-state index is 0.242. The molecule has 0 radical (unpaired) electrons. The standard InChI is InChI=1S/C16H13Cl2FN2/c17-9-8-15-20-14-3-1-2-13(18)16(14)21(15)10-11-4-6-12(19)7-5-11/h1-7H,8-10H2. The van der Waals surface area contributed by atoms with Crippen LogP contribution < -0.4 is 0 Å². The maximum absolute atomic E-state index is 13.0. The molecule has 21 heavy (non-hydrogen) atoms. The van der Waals surface area contributed by atoms with E-state index in [1.807, 2.05) is 22.8 Å². The number of nitrogens with zero attached hydrogens (tertiary/aromatic N) is 2. The zero-order valence-corrected chi connectivity index (χ0v) is 12.7. The minimum Gasteiger partial charge on any atom is -0.322 e. The van der Waals surface area contributed by atoms with Crippen LogP contribution in [0.15, 0.2) is 42.5 Å². The van der Waals surface area contributed by atoms with Crippen molar-refractivity contribution in [2.45, 2.75) is 13.0 Å². The molecule has 0 unspecified atom stereocenters. The van der Waals surface area contributed by atoms with Gasteiger partial charge in [-0.05, 0) is 29.8 Å². The number of alkyl halides is 1. The first-order chi connectivity index (χ1) is 10.2. The highest BCUT2D eigenvalue weighted by molar-refractivity contribution is 6.35. The molecule has 0 fully saturated rings. The first-order valence-corrected chi connectivity index (χ1v) is 7.54. The second-order valence-corrected chi connectivity index (χ2v) is 5.57. The summed E-state index contributed by atoms with van der Waals surface area (Å²) in [5, 5.41) is 0.655. The quantitative estimate of drug-likeness (QED) is 0.639. The zero-order valence-electron chi connectivity index (χ0n) is 11.2. The summed E-state index contributed by atoms with van der Waals surface area (Å²) in [5.74, 6) is 1.13. The highest BCUT2D eigenvalue weighted by atomic mass is 35.5. The molecule has 5 heteroatoms. The summed E-state index contributed by atoms with van der Waals surface area (Å²) in [6.07, 6.45) is 0.660. The molecule has 0 saturated heterocycles. The van der Waals surface area contributed by atoms with Gasteiger partial charge < -0.3 is 4.57 Å². The zero-order chi connectivity index (χ0) is 14.8. The Kier molecular flexibility index (Phi) is 4.13. The van der Waals surface area contributed by atoms with Crippen LogP contribution >= 0.6 is 23.2 Å². The Morgan fingerprint density at radius 1 is 1.10 bits per heavy atom. The van der Waals surface area contributed by atoms with Crippen LogP contribution in [-0.2, 0) is 13.0 Å². The van der Waals surface area contributed by atoms with Crippen LogP contribution in [0.2, 0.25) is 5.02 Å². The molecule has 3 rings (SSSR count). The number of hydrogen-bond donors (Lipinski definition) is 0. The summed E-state index contributed by atoms with van der Waals surface area (Å²) in [6, 6.07) is 12.1. The van der Waals surface area contributed by atoms with Crippen molar-refractivity contribution in [1.29, 1.82) is 0 Å². The van der Waals surface area contributed by atoms with Gasteiger partial charge in [0.15, 0.2) is 0 Å². The number of fused-ring (bicyclic) bond motifs is 1. The Balaban J connectivity index is 2.10. The Labute approximate surface area is 132 Å². The van der Waals surface area contributed by atoms with Crippen molar-refractivity contribution in [3.05, 3.63) is 64.7 Å². The molecule has 0 saturated carbocycles. The van der Waals surface area contributed by atoms with Gasteiger partial charge >= 0.3 is 0 Å². The summed E-state index contributed by atoms with van der Waals surface area (Å²) in [4.78, 5) is 4.60. The second-order valence-electron chi connectivity index (χ2n) is 4.79. The largest absolute Gasteiger partial charge is 0.322 e. The molecule has 108 valence electrons. The maximum atomic E-state index is 13.0. The average molecular weight is 323 g/mol. The highest BCUT2D eigenvalue weighted by Gasteiger charge is 2.13. The summed E-state index contributed by atoms with van der Waals surface area (Å²) in [7, 11) is 0. The van der Waals surface area contributed by atoms with Gasteiger partial charge in [-0.3, -0.25) is 0 Å². The normalized spacial score (nSPS) is 11.2. The van der Waals surface area contributed by atoms with Gasteiger partial charge in [0.25, 0.3) is 0 Å². The van der Waals surface area contributed by atoms with Crippen LogP contribution in [0.1, 0.15) is 11.4 Å². The van der Waals surface area contributed by atoms with Crippen LogP contribution in [0, 0.1) is 5.82 Å². The van der Waals surface area contributed by atoms with E-state index >= 15 is 0 Å². The minimum atomic E-state index is -0.242. The fourth-order valence-electron chi connectivity index (χ4n) is 2.41. The molecule has 1 heterocycles. The highest BCUT2D eigenvalue weighted by Crippen LogP contribution is 2.26. The lowest BCUT2D eigenvalue weighted by Gasteiger charge is -2.09. The number of halogens is 3. The Morgan fingerprint density at radius 3 is 2.57 bits per heavy atom. The first-order valence-electron chi connectivity index (χ1n) is 6.63. The van der Waals surface area contributed by atoms with E-state index in [1.165, 1.54) is 12.1 Å². The number of hydrogen-bond acceptors (Lipinski definition) is 1. The fraction of sp³-hybridized carbons (Fsp3) is 0.188. The predicted octanol–water partition coefficient (Wildman–Crippen LogP) is 4.66. The van der Waals surface area contributed by atoms with E-state index < -0.39 is 0 Å². The van der Waals surface area contributed by atoms with Crippen molar-refractivity contribution < 1.29 is 4.39 Å². The molecular weight excluding hydrogens is 310 g/mol.